The normalized spacial score (nSPS) is 15.3. The van der Waals surface area contributed by atoms with Crippen LogP contribution in [0.25, 0.3) is 5.69 Å². The van der Waals surface area contributed by atoms with E-state index in [0.717, 1.165) is 5.56 Å². The second kappa shape index (κ2) is 8.00. The minimum atomic E-state index is -3.59. The maximum Gasteiger partial charge on any atom is 0.272 e. The van der Waals surface area contributed by atoms with Crippen LogP contribution in [0.5, 0.6) is 0 Å². The summed E-state index contributed by atoms with van der Waals surface area (Å²) in [4.78, 5) is 18.9. The van der Waals surface area contributed by atoms with E-state index in [1.807, 2.05) is 6.92 Å². The van der Waals surface area contributed by atoms with Crippen molar-refractivity contribution in [1.29, 1.82) is 0 Å². The predicted octanol–water partition coefficient (Wildman–Crippen LogP) is 2.47. The molecular formula is C21H21FN4O3S. The van der Waals surface area contributed by atoms with Gasteiger partial charge in [0.1, 0.15) is 11.5 Å². The first-order valence-electron chi connectivity index (χ1n) is 9.50. The number of piperazine rings is 1. The van der Waals surface area contributed by atoms with Gasteiger partial charge in [0.05, 0.1) is 17.4 Å². The molecule has 0 spiro atoms. The number of aryl methyl sites for hydroxylation is 1. The van der Waals surface area contributed by atoms with Gasteiger partial charge in [-0.3, -0.25) is 9.36 Å². The van der Waals surface area contributed by atoms with Crippen LogP contribution < -0.4 is 0 Å². The number of benzene rings is 2. The Balaban J connectivity index is 1.47. The highest BCUT2D eigenvalue weighted by molar-refractivity contribution is 7.89. The summed E-state index contributed by atoms with van der Waals surface area (Å²) in [6, 6.07) is 12.5. The summed E-state index contributed by atoms with van der Waals surface area (Å²) in [6.45, 7) is 2.88. The number of aromatic nitrogens is 2. The number of nitrogens with zero attached hydrogens (tertiary/aromatic N) is 4. The Labute approximate surface area is 174 Å². The number of carbonyl (C=O) groups is 1. The molecule has 2 heterocycles. The molecule has 0 atom stereocenters. The van der Waals surface area contributed by atoms with E-state index in [1.54, 1.807) is 45.9 Å². The van der Waals surface area contributed by atoms with Gasteiger partial charge in [0.2, 0.25) is 10.0 Å². The number of imidazole rings is 1. The van der Waals surface area contributed by atoms with Crippen molar-refractivity contribution >= 4 is 15.9 Å². The molecule has 1 amide bonds. The molecule has 0 N–H and O–H groups in total. The Morgan fingerprint density at radius 1 is 0.967 bits per heavy atom. The molecule has 156 valence electrons. The van der Waals surface area contributed by atoms with Crippen molar-refractivity contribution in [2.75, 3.05) is 26.2 Å². The number of amides is 1. The zero-order valence-electron chi connectivity index (χ0n) is 16.4. The van der Waals surface area contributed by atoms with Gasteiger partial charge in [0, 0.05) is 31.9 Å². The van der Waals surface area contributed by atoms with Crippen LogP contribution in [0.1, 0.15) is 16.1 Å². The van der Waals surface area contributed by atoms with E-state index in [1.165, 1.54) is 29.0 Å². The molecule has 4 rings (SSSR count). The molecule has 3 aromatic rings. The van der Waals surface area contributed by atoms with Crippen molar-refractivity contribution < 1.29 is 17.6 Å². The summed E-state index contributed by atoms with van der Waals surface area (Å²) in [5.74, 6) is -0.609. The topological polar surface area (TPSA) is 75.5 Å². The van der Waals surface area contributed by atoms with E-state index in [4.69, 9.17) is 0 Å². The van der Waals surface area contributed by atoms with Crippen molar-refractivity contribution in [1.82, 2.24) is 18.8 Å². The second-order valence-electron chi connectivity index (χ2n) is 7.13. The zero-order valence-corrected chi connectivity index (χ0v) is 17.2. The summed E-state index contributed by atoms with van der Waals surface area (Å²) >= 11 is 0. The second-order valence-corrected chi connectivity index (χ2v) is 9.07. The summed E-state index contributed by atoms with van der Waals surface area (Å²) in [7, 11) is -3.59. The van der Waals surface area contributed by atoms with Gasteiger partial charge in [-0.1, -0.05) is 17.7 Å². The molecule has 0 aliphatic carbocycles. The molecule has 7 nitrogen and oxygen atoms in total. The molecule has 0 bridgehead atoms. The smallest absolute Gasteiger partial charge is 0.272 e. The lowest BCUT2D eigenvalue weighted by Crippen LogP contribution is -2.50. The predicted molar refractivity (Wildman–Crippen MR) is 109 cm³/mol. The molecule has 1 aromatic heterocycles. The van der Waals surface area contributed by atoms with Crippen molar-refractivity contribution in [3.05, 3.63) is 78.1 Å². The highest BCUT2D eigenvalue weighted by Gasteiger charge is 2.31. The average Bonchev–Trinajstić information content (AvgIpc) is 3.24. The molecular weight excluding hydrogens is 407 g/mol. The fraction of sp³-hybridized carbons (Fsp3) is 0.238. The van der Waals surface area contributed by atoms with E-state index >= 15 is 0 Å². The Hall–Kier alpha value is -3.04. The van der Waals surface area contributed by atoms with Crippen molar-refractivity contribution in [3.63, 3.8) is 0 Å². The third-order valence-electron chi connectivity index (χ3n) is 5.15. The van der Waals surface area contributed by atoms with E-state index in [-0.39, 0.29) is 42.8 Å². The molecule has 30 heavy (non-hydrogen) atoms. The first-order chi connectivity index (χ1) is 14.4. The largest absolute Gasteiger partial charge is 0.335 e. The molecule has 1 aliphatic heterocycles. The lowest BCUT2D eigenvalue weighted by atomic mass is 10.2. The fourth-order valence-electron chi connectivity index (χ4n) is 3.41. The van der Waals surface area contributed by atoms with Crippen LogP contribution in [-0.2, 0) is 10.0 Å². The lowest BCUT2D eigenvalue weighted by molar-refractivity contribution is 0.0690. The first kappa shape index (κ1) is 20.2. The number of carbonyl (C=O) groups excluding carboxylic acids is 1. The van der Waals surface area contributed by atoms with Gasteiger partial charge in [-0.05, 0) is 43.3 Å². The summed E-state index contributed by atoms with van der Waals surface area (Å²) in [6.07, 6.45) is 2.96. The molecule has 1 saturated heterocycles. The molecule has 2 aromatic carbocycles. The quantitative estimate of drug-likeness (QED) is 0.640. The highest BCUT2D eigenvalue weighted by atomic mass is 32.2. The van der Waals surface area contributed by atoms with Crippen LogP contribution >= 0.6 is 0 Å². The van der Waals surface area contributed by atoms with Crippen LogP contribution in [0.4, 0.5) is 4.39 Å². The molecule has 9 heteroatoms. The minimum absolute atomic E-state index is 0.215. The Kier molecular flexibility index (Phi) is 5.40. The third-order valence-corrected chi connectivity index (χ3v) is 7.06. The van der Waals surface area contributed by atoms with Gasteiger partial charge in [0.25, 0.3) is 5.91 Å². The summed E-state index contributed by atoms with van der Waals surface area (Å²) in [5.41, 5.74) is 1.96. The maximum absolute atomic E-state index is 13.2. The van der Waals surface area contributed by atoms with Crippen LogP contribution in [0.3, 0.4) is 0 Å². The van der Waals surface area contributed by atoms with E-state index in [2.05, 4.69) is 4.98 Å². The van der Waals surface area contributed by atoms with E-state index in [9.17, 15) is 17.6 Å². The number of rotatable bonds is 4. The fourth-order valence-corrected chi connectivity index (χ4v) is 4.84. The maximum atomic E-state index is 13.2. The van der Waals surface area contributed by atoms with Crippen LogP contribution in [0.15, 0.2) is 66.0 Å². The number of halogens is 1. The van der Waals surface area contributed by atoms with Crippen molar-refractivity contribution in [3.8, 4) is 5.69 Å². The van der Waals surface area contributed by atoms with Gasteiger partial charge >= 0.3 is 0 Å². The van der Waals surface area contributed by atoms with Crippen LogP contribution in [-0.4, -0.2) is 59.3 Å². The highest BCUT2D eigenvalue weighted by Crippen LogP contribution is 2.20. The number of sulfonamides is 1. The standard InChI is InChI=1S/C21H21FN4O3S/c1-16-2-8-19(9-3-16)30(28,29)25-12-10-24(11-13-25)21(27)20-14-23-15-26(20)18-6-4-17(22)5-7-18/h2-9,14-15H,10-13H2,1H3. The number of hydrogen-bond acceptors (Lipinski definition) is 4. The lowest BCUT2D eigenvalue weighted by Gasteiger charge is -2.34. The third kappa shape index (κ3) is 3.86. The number of hydrogen-bond donors (Lipinski definition) is 0. The zero-order chi connectivity index (χ0) is 21.3. The molecule has 1 aliphatic rings. The van der Waals surface area contributed by atoms with Crippen molar-refractivity contribution in [2.45, 2.75) is 11.8 Å². The monoisotopic (exact) mass is 428 g/mol. The average molecular weight is 428 g/mol. The molecule has 0 unspecified atom stereocenters. The van der Waals surface area contributed by atoms with Gasteiger partial charge in [-0.2, -0.15) is 4.31 Å². The SMILES string of the molecule is Cc1ccc(S(=O)(=O)N2CCN(C(=O)c3cncn3-c3ccc(F)cc3)CC2)cc1. The molecule has 0 radical (unpaired) electrons. The van der Waals surface area contributed by atoms with Crippen LogP contribution in [0.2, 0.25) is 0 Å². The van der Waals surface area contributed by atoms with Gasteiger partial charge in [0.15, 0.2) is 0 Å². The molecule has 0 saturated carbocycles. The van der Waals surface area contributed by atoms with Gasteiger partial charge in [-0.15, -0.1) is 0 Å². The Morgan fingerprint density at radius 3 is 2.23 bits per heavy atom. The Bertz CT molecular complexity index is 1150. The van der Waals surface area contributed by atoms with Crippen LogP contribution in [0, 0.1) is 12.7 Å². The first-order valence-corrected chi connectivity index (χ1v) is 10.9. The summed E-state index contributed by atoms with van der Waals surface area (Å²) in [5, 5.41) is 0. The summed E-state index contributed by atoms with van der Waals surface area (Å²) < 4.78 is 41.9. The van der Waals surface area contributed by atoms with E-state index < -0.39 is 10.0 Å². The minimum Gasteiger partial charge on any atom is -0.335 e. The van der Waals surface area contributed by atoms with Gasteiger partial charge in [-0.25, -0.2) is 17.8 Å². The van der Waals surface area contributed by atoms with Gasteiger partial charge < -0.3 is 4.90 Å². The molecule has 1 fully saturated rings. The van der Waals surface area contributed by atoms with Crippen molar-refractivity contribution in [2.24, 2.45) is 0 Å². The Morgan fingerprint density at radius 2 is 1.60 bits per heavy atom. The van der Waals surface area contributed by atoms with E-state index in [0.29, 0.717) is 11.4 Å².